The van der Waals surface area contributed by atoms with E-state index < -0.39 is 5.60 Å². The van der Waals surface area contributed by atoms with Crippen molar-refractivity contribution >= 4 is 0 Å². The first-order valence-electron chi connectivity index (χ1n) is 5.94. The normalized spacial score (nSPS) is 27.7. The van der Waals surface area contributed by atoms with Gasteiger partial charge in [-0.25, -0.2) is 0 Å². The Balaban J connectivity index is 2.32. The van der Waals surface area contributed by atoms with Crippen molar-refractivity contribution in [2.24, 2.45) is 0 Å². The van der Waals surface area contributed by atoms with Gasteiger partial charge in [-0.1, -0.05) is 25.1 Å². The van der Waals surface area contributed by atoms with Crippen molar-refractivity contribution in [3.8, 4) is 5.75 Å². The van der Waals surface area contributed by atoms with Gasteiger partial charge in [0.2, 0.25) is 0 Å². The zero-order valence-electron chi connectivity index (χ0n) is 10.9. The molecule has 2 atom stereocenters. The topological polar surface area (TPSA) is 27.7 Å². The number of ether oxygens (including phenoxy) is 3. The van der Waals surface area contributed by atoms with Crippen LogP contribution in [0, 0.1) is 0 Å². The molecule has 0 spiro atoms. The third-order valence-electron chi connectivity index (χ3n) is 3.43. The number of rotatable bonds is 3. The summed E-state index contributed by atoms with van der Waals surface area (Å²) in [6, 6.07) is 8.16. The fourth-order valence-corrected chi connectivity index (χ4v) is 2.73. The first-order chi connectivity index (χ1) is 8.10. The fourth-order valence-electron chi connectivity index (χ4n) is 2.73. The highest BCUT2D eigenvalue weighted by Gasteiger charge is 2.42. The highest BCUT2D eigenvalue weighted by Crippen LogP contribution is 2.42. The van der Waals surface area contributed by atoms with E-state index in [1.165, 1.54) is 5.56 Å². The lowest BCUT2D eigenvalue weighted by atomic mass is 9.84. The molecule has 0 saturated carbocycles. The van der Waals surface area contributed by atoms with E-state index in [1.807, 2.05) is 25.1 Å². The largest absolute Gasteiger partial charge is 0.482 e. The molecule has 0 radical (unpaired) electrons. The van der Waals surface area contributed by atoms with E-state index in [2.05, 4.69) is 13.0 Å². The number of hydrogen-bond acceptors (Lipinski definition) is 3. The minimum Gasteiger partial charge on any atom is -0.482 e. The van der Waals surface area contributed by atoms with Crippen molar-refractivity contribution in [1.29, 1.82) is 0 Å². The molecule has 2 rings (SSSR count). The Hall–Kier alpha value is -1.06. The van der Waals surface area contributed by atoms with E-state index in [4.69, 9.17) is 14.2 Å². The second-order valence-electron chi connectivity index (χ2n) is 4.86. The molecule has 2 unspecified atom stereocenters. The van der Waals surface area contributed by atoms with E-state index in [-0.39, 0.29) is 6.29 Å². The summed E-state index contributed by atoms with van der Waals surface area (Å²) in [7, 11) is 3.29. The maximum Gasteiger partial charge on any atom is 0.196 e. The summed E-state index contributed by atoms with van der Waals surface area (Å²) in [5.74, 6) is 1.38. The predicted octanol–water partition coefficient (Wildman–Crippen LogP) is 2.95. The Bertz CT molecular complexity index is 387. The lowest BCUT2D eigenvalue weighted by molar-refractivity contribution is -0.204. The van der Waals surface area contributed by atoms with Gasteiger partial charge in [0.25, 0.3) is 0 Å². The maximum atomic E-state index is 6.08. The lowest BCUT2D eigenvalue weighted by Crippen LogP contribution is -2.49. The molecule has 3 heteroatoms. The monoisotopic (exact) mass is 236 g/mol. The molecule has 0 saturated heterocycles. The quantitative estimate of drug-likeness (QED) is 0.755. The molecule has 0 N–H and O–H groups in total. The van der Waals surface area contributed by atoms with Crippen LogP contribution >= 0.6 is 0 Å². The van der Waals surface area contributed by atoms with E-state index in [1.54, 1.807) is 14.2 Å². The molecule has 1 aromatic rings. The summed E-state index contributed by atoms with van der Waals surface area (Å²) in [4.78, 5) is 0. The zero-order chi connectivity index (χ0) is 12.5. The summed E-state index contributed by atoms with van der Waals surface area (Å²) in [5, 5.41) is 0. The average Bonchev–Trinajstić information content (AvgIpc) is 2.30. The van der Waals surface area contributed by atoms with Gasteiger partial charge in [-0.15, -0.1) is 0 Å². The van der Waals surface area contributed by atoms with Crippen molar-refractivity contribution < 1.29 is 14.2 Å². The van der Waals surface area contributed by atoms with E-state index in [0.717, 1.165) is 12.2 Å². The van der Waals surface area contributed by atoms with E-state index >= 15 is 0 Å². The van der Waals surface area contributed by atoms with Gasteiger partial charge in [0.15, 0.2) is 11.9 Å². The number of benzene rings is 1. The van der Waals surface area contributed by atoms with Crippen LogP contribution in [-0.2, 0) is 9.47 Å². The zero-order valence-corrected chi connectivity index (χ0v) is 10.9. The van der Waals surface area contributed by atoms with E-state index in [9.17, 15) is 0 Å². The highest BCUT2D eigenvalue weighted by molar-refractivity contribution is 5.38. The van der Waals surface area contributed by atoms with E-state index in [0.29, 0.717) is 5.92 Å². The van der Waals surface area contributed by atoms with Crippen LogP contribution in [0.3, 0.4) is 0 Å². The van der Waals surface area contributed by atoms with Crippen LogP contribution in [0.1, 0.15) is 31.7 Å². The van der Waals surface area contributed by atoms with Gasteiger partial charge in [0, 0.05) is 14.2 Å². The third kappa shape index (κ3) is 2.17. The summed E-state index contributed by atoms with van der Waals surface area (Å²) >= 11 is 0. The molecule has 0 fully saturated rings. The summed E-state index contributed by atoms with van der Waals surface area (Å²) in [6.45, 7) is 4.25. The fraction of sp³-hybridized carbons (Fsp3) is 0.571. The molecule has 0 bridgehead atoms. The van der Waals surface area contributed by atoms with Crippen LogP contribution in [0.2, 0.25) is 0 Å². The van der Waals surface area contributed by atoms with Gasteiger partial charge in [-0.2, -0.15) is 0 Å². The highest BCUT2D eigenvalue weighted by atomic mass is 16.7. The molecule has 3 nitrogen and oxygen atoms in total. The molecule has 0 aromatic heterocycles. The smallest absolute Gasteiger partial charge is 0.196 e. The van der Waals surface area contributed by atoms with Crippen LogP contribution in [0.5, 0.6) is 5.75 Å². The van der Waals surface area contributed by atoms with Gasteiger partial charge in [-0.3, -0.25) is 0 Å². The van der Waals surface area contributed by atoms with Gasteiger partial charge >= 0.3 is 0 Å². The minimum absolute atomic E-state index is 0.349. The van der Waals surface area contributed by atoms with Crippen LogP contribution in [0.25, 0.3) is 0 Å². The first-order valence-corrected chi connectivity index (χ1v) is 5.94. The molecule has 94 valence electrons. The Morgan fingerprint density at radius 1 is 1.29 bits per heavy atom. The van der Waals surface area contributed by atoms with Gasteiger partial charge in [0.05, 0.1) is 0 Å². The van der Waals surface area contributed by atoms with Crippen molar-refractivity contribution in [1.82, 2.24) is 0 Å². The summed E-state index contributed by atoms with van der Waals surface area (Å²) in [5.41, 5.74) is 0.827. The third-order valence-corrected chi connectivity index (χ3v) is 3.43. The van der Waals surface area contributed by atoms with Crippen LogP contribution in [-0.4, -0.2) is 26.1 Å². The van der Waals surface area contributed by atoms with Crippen molar-refractivity contribution in [2.45, 2.75) is 38.1 Å². The standard InChI is InChI=1S/C14H20O3/c1-10-9-14(2,13(15-3)16-4)17-12-8-6-5-7-11(10)12/h5-8,10,13H,9H2,1-4H3. The second-order valence-corrected chi connectivity index (χ2v) is 4.86. The molecule has 1 aromatic carbocycles. The molecule has 0 amide bonds. The molecular weight excluding hydrogens is 216 g/mol. The van der Waals surface area contributed by atoms with Gasteiger partial charge < -0.3 is 14.2 Å². The van der Waals surface area contributed by atoms with Crippen LogP contribution in [0.4, 0.5) is 0 Å². The van der Waals surface area contributed by atoms with Crippen LogP contribution in [0.15, 0.2) is 24.3 Å². The minimum atomic E-state index is -0.433. The Labute approximate surface area is 103 Å². The molecule has 0 aliphatic carbocycles. The van der Waals surface area contributed by atoms with Crippen molar-refractivity contribution in [2.75, 3.05) is 14.2 Å². The number of hydrogen-bond donors (Lipinski definition) is 0. The Morgan fingerprint density at radius 2 is 1.94 bits per heavy atom. The SMILES string of the molecule is COC(OC)C1(C)CC(C)c2ccccc2O1. The molecule has 17 heavy (non-hydrogen) atoms. The Kier molecular flexibility index (Phi) is 3.40. The number of para-hydroxylation sites is 1. The summed E-state index contributed by atoms with van der Waals surface area (Å²) in [6.07, 6.45) is 0.536. The summed E-state index contributed by atoms with van der Waals surface area (Å²) < 4.78 is 16.8. The lowest BCUT2D eigenvalue weighted by Gasteiger charge is -2.42. The molecule has 1 heterocycles. The second kappa shape index (κ2) is 4.67. The molecule has 1 aliphatic rings. The number of fused-ring (bicyclic) bond motifs is 1. The van der Waals surface area contributed by atoms with Crippen LogP contribution < -0.4 is 4.74 Å². The Morgan fingerprint density at radius 3 is 2.59 bits per heavy atom. The molecule has 1 aliphatic heterocycles. The molecular formula is C14H20O3. The van der Waals surface area contributed by atoms with Gasteiger partial charge in [-0.05, 0) is 30.9 Å². The number of methoxy groups -OCH3 is 2. The predicted molar refractivity (Wildman–Crippen MR) is 66.3 cm³/mol. The first kappa shape index (κ1) is 12.4. The maximum absolute atomic E-state index is 6.08. The van der Waals surface area contributed by atoms with Crippen molar-refractivity contribution in [3.63, 3.8) is 0 Å². The van der Waals surface area contributed by atoms with Crippen molar-refractivity contribution in [3.05, 3.63) is 29.8 Å². The van der Waals surface area contributed by atoms with Gasteiger partial charge in [0.1, 0.15) is 5.75 Å². The average molecular weight is 236 g/mol.